The Balaban J connectivity index is 1.32. The van der Waals surface area contributed by atoms with E-state index >= 15 is 0 Å². The number of rotatable bonds is 15. The Morgan fingerprint density at radius 1 is 0.500 bits per heavy atom. The standard InChI is InChI=1S/C41H41NO6/c43-40(35-24-14-5-15-25-35)42-41-39(47-29-34-22-12-4-13-23-34)38(46-28-33-20-10-3-11-21-33)37(45-27-32-18-8-2-9-19-32)36(48-41)30-44-26-31-16-6-1-7-17-31/h1-25,36-39,41H,26-30H2,(H,42,43)/t36-,37+,38+,39-,41-/m1/s1. The van der Waals surface area contributed by atoms with Gasteiger partial charge in [-0.2, -0.15) is 0 Å². The van der Waals surface area contributed by atoms with Crippen molar-refractivity contribution in [3.8, 4) is 0 Å². The van der Waals surface area contributed by atoms with E-state index in [0.717, 1.165) is 22.3 Å². The molecule has 0 saturated carbocycles. The predicted octanol–water partition coefficient (Wildman–Crippen LogP) is 7.11. The van der Waals surface area contributed by atoms with Gasteiger partial charge in [0.15, 0.2) is 6.23 Å². The highest BCUT2D eigenvalue weighted by atomic mass is 16.6. The Hall–Kier alpha value is -4.63. The maximum atomic E-state index is 13.6. The largest absolute Gasteiger partial charge is 0.374 e. The molecule has 5 aromatic carbocycles. The summed E-state index contributed by atoms with van der Waals surface area (Å²) in [5, 5.41) is 3.10. The quantitative estimate of drug-likeness (QED) is 0.131. The third-order valence-corrected chi connectivity index (χ3v) is 8.19. The number of benzene rings is 5. The average molecular weight is 644 g/mol. The van der Waals surface area contributed by atoms with Crippen molar-refractivity contribution < 1.29 is 28.5 Å². The highest BCUT2D eigenvalue weighted by molar-refractivity contribution is 5.94. The van der Waals surface area contributed by atoms with Gasteiger partial charge < -0.3 is 29.0 Å². The molecule has 1 heterocycles. The van der Waals surface area contributed by atoms with Crippen molar-refractivity contribution in [1.29, 1.82) is 0 Å². The summed E-state index contributed by atoms with van der Waals surface area (Å²) < 4.78 is 33.0. The third kappa shape index (κ3) is 9.47. The van der Waals surface area contributed by atoms with E-state index in [1.165, 1.54) is 0 Å². The number of hydrogen-bond donors (Lipinski definition) is 1. The lowest BCUT2D eigenvalue weighted by atomic mass is 9.96. The Kier molecular flexibility index (Phi) is 12.1. The van der Waals surface area contributed by atoms with Crippen molar-refractivity contribution in [3.63, 3.8) is 0 Å². The minimum Gasteiger partial charge on any atom is -0.374 e. The predicted molar refractivity (Wildman–Crippen MR) is 184 cm³/mol. The normalized spacial score (nSPS) is 20.6. The van der Waals surface area contributed by atoms with Gasteiger partial charge in [0.2, 0.25) is 0 Å². The van der Waals surface area contributed by atoms with Crippen molar-refractivity contribution in [2.75, 3.05) is 6.61 Å². The zero-order valence-corrected chi connectivity index (χ0v) is 26.8. The van der Waals surface area contributed by atoms with Gasteiger partial charge in [-0.25, -0.2) is 0 Å². The maximum Gasteiger partial charge on any atom is 0.253 e. The van der Waals surface area contributed by atoms with Gasteiger partial charge in [0.25, 0.3) is 5.91 Å². The fraction of sp³-hybridized carbons (Fsp3) is 0.244. The van der Waals surface area contributed by atoms with Crippen LogP contribution in [0.25, 0.3) is 0 Å². The SMILES string of the molecule is O=C(N[C@@H]1O[C@H](COCc2ccccc2)[C@H](OCc2ccccc2)[C@H](OCc2ccccc2)[C@H]1OCc1ccccc1)c1ccccc1. The second-order valence-electron chi connectivity index (χ2n) is 11.7. The van der Waals surface area contributed by atoms with Gasteiger partial charge in [-0.15, -0.1) is 0 Å². The minimum atomic E-state index is -0.857. The molecule has 0 aliphatic carbocycles. The Morgan fingerprint density at radius 3 is 1.38 bits per heavy atom. The van der Waals surface area contributed by atoms with Crippen LogP contribution in [0.2, 0.25) is 0 Å². The summed E-state index contributed by atoms with van der Waals surface area (Å²) in [6.07, 6.45) is -3.37. The summed E-state index contributed by atoms with van der Waals surface area (Å²) in [6.45, 7) is 1.55. The minimum absolute atomic E-state index is 0.211. The number of ether oxygens (including phenoxy) is 5. The van der Waals surface area contributed by atoms with Crippen LogP contribution in [0.1, 0.15) is 32.6 Å². The summed E-state index contributed by atoms with van der Waals surface area (Å²) in [5.41, 5.74) is 4.58. The monoisotopic (exact) mass is 643 g/mol. The van der Waals surface area contributed by atoms with Crippen LogP contribution in [0.4, 0.5) is 0 Å². The highest BCUT2D eigenvalue weighted by Gasteiger charge is 2.49. The van der Waals surface area contributed by atoms with E-state index in [0.29, 0.717) is 32.0 Å². The summed E-state index contributed by atoms with van der Waals surface area (Å²) in [4.78, 5) is 13.6. The van der Waals surface area contributed by atoms with Gasteiger partial charge in [-0.1, -0.05) is 140 Å². The Bertz CT molecular complexity index is 1640. The molecule has 6 rings (SSSR count). The van der Waals surface area contributed by atoms with Crippen LogP contribution >= 0.6 is 0 Å². The number of amides is 1. The summed E-state index contributed by atoms with van der Waals surface area (Å²) >= 11 is 0. The van der Waals surface area contributed by atoms with Gasteiger partial charge in [0, 0.05) is 5.56 Å². The van der Waals surface area contributed by atoms with Crippen LogP contribution in [0.3, 0.4) is 0 Å². The fourth-order valence-corrected chi connectivity index (χ4v) is 5.71. The maximum absolute atomic E-state index is 13.6. The van der Waals surface area contributed by atoms with Crippen molar-refractivity contribution in [1.82, 2.24) is 5.32 Å². The lowest BCUT2D eigenvalue weighted by Gasteiger charge is -2.46. The van der Waals surface area contributed by atoms with E-state index in [9.17, 15) is 4.79 Å². The first-order valence-corrected chi connectivity index (χ1v) is 16.3. The van der Waals surface area contributed by atoms with Gasteiger partial charge in [-0.3, -0.25) is 4.79 Å². The first-order valence-electron chi connectivity index (χ1n) is 16.3. The Morgan fingerprint density at radius 2 is 0.896 bits per heavy atom. The van der Waals surface area contributed by atoms with E-state index in [1.54, 1.807) is 12.1 Å². The second-order valence-corrected chi connectivity index (χ2v) is 11.7. The molecule has 5 aromatic rings. The zero-order chi connectivity index (χ0) is 32.8. The molecular formula is C41H41NO6. The highest BCUT2D eigenvalue weighted by Crippen LogP contribution is 2.30. The zero-order valence-electron chi connectivity index (χ0n) is 26.8. The molecule has 7 nitrogen and oxygen atoms in total. The van der Waals surface area contributed by atoms with Crippen LogP contribution in [0.15, 0.2) is 152 Å². The molecule has 0 unspecified atom stereocenters. The molecule has 48 heavy (non-hydrogen) atoms. The van der Waals surface area contributed by atoms with Crippen LogP contribution < -0.4 is 5.32 Å². The molecule has 1 amide bonds. The number of nitrogens with one attached hydrogen (secondary N) is 1. The molecule has 5 atom stereocenters. The number of hydrogen-bond acceptors (Lipinski definition) is 6. The first kappa shape index (κ1) is 33.3. The summed E-state index contributed by atoms with van der Waals surface area (Å²) in [7, 11) is 0. The average Bonchev–Trinajstić information content (AvgIpc) is 3.15. The molecule has 246 valence electrons. The smallest absolute Gasteiger partial charge is 0.253 e. The van der Waals surface area contributed by atoms with Crippen molar-refractivity contribution in [3.05, 3.63) is 179 Å². The number of carbonyl (C=O) groups excluding carboxylic acids is 1. The van der Waals surface area contributed by atoms with Crippen LogP contribution in [0, 0.1) is 0 Å². The van der Waals surface area contributed by atoms with Crippen LogP contribution in [0.5, 0.6) is 0 Å². The molecule has 1 fully saturated rings. The van der Waals surface area contributed by atoms with Gasteiger partial charge in [0.1, 0.15) is 24.4 Å². The summed E-state index contributed by atoms with van der Waals surface area (Å²) in [6, 6.07) is 49.0. The first-order chi connectivity index (χ1) is 23.7. The van der Waals surface area contributed by atoms with E-state index in [4.69, 9.17) is 23.7 Å². The lowest BCUT2D eigenvalue weighted by molar-refractivity contribution is -0.276. The topological polar surface area (TPSA) is 75.3 Å². The molecule has 7 heteroatoms. The lowest BCUT2D eigenvalue weighted by Crippen LogP contribution is -2.65. The van der Waals surface area contributed by atoms with E-state index in [1.807, 2.05) is 140 Å². The third-order valence-electron chi connectivity index (χ3n) is 8.19. The van der Waals surface area contributed by atoms with Crippen LogP contribution in [-0.4, -0.2) is 43.2 Å². The van der Waals surface area contributed by atoms with E-state index < -0.39 is 30.6 Å². The molecular weight excluding hydrogens is 602 g/mol. The van der Waals surface area contributed by atoms with Crippen molar-refractivity contribution in [2.45, 2.75) is 57.1 Å². The van der Waals surface area contributed by atoms with Gasteiger partial charge in [-0.05, 0) is 34.4 Å². The second kappa shape index (κ2) is 17.5. The van der Waals surface area contributed by atoms with Crippen molar-refractivity contribution >= 4 is 5.91 Å². The fourth-order valence-electron chi connectivity index (χ4n) is 5.71. The van der Waals surface area contributed by atoms with Crippen LogP contribution in [-0.2, 0) is 50.1 Å². The molecule has 0 radical (unpaired) electrons. The van der Waals surface area contributed by atoms with Gasteiger partial charge >= 0.3 is 0 Å². The molecule has 1 N–H and O–H groups in total. The van der Waals surface area contributed by atoms with Crippen molar-refractivity contribution in [2.24, 2.45) is 0 Å². The number of carbonyl (C=O) groups is 1. The van der Waals surface area contributed by atoms with E-state index in [2.05, 4.69) is 5.32 Å². The Labute approximate surface area is 282 Å². The molecule has 1 saturated heterocycles. The molecule has 0 bridgehead atoms. The van der Waals surface area contributed by atoms with E-state index in [-0.39, 0.29) is 12.5 Å². The molecule has 1 aliphatic rings. The molecule has 1 aliphatic heterocycles. The molecule has 0 spiro atoms. The van der Waals surface area contributed by atoms with Gasteiger partial charge in [0.05, 0.1) is 33.0 Å². The summed E-state index contributed by atoms with van der Waals surface area (Å²) in [5.74, 6) is -0.275. The molecule has 0 aromatic heterocycles.